The SMILES string of the molecule is C#CCN(CCC)CCNCCOC. The monoisotopic (exact) mass is 198 g/mol. The van der Waals surface area contributed by atoms with Crippen molar-refractivity contribution < 1.29 is 4.74 Å². The minimum absolute atomic E-state index is 0.750. The lowest BCUT2D eigenvalue weighted by Crippen LogP contribution is -2.34. The highest BCUT2D eigenvalue weighted by Gasteiger charge is 1.99. The van der Waals surface area contributed by atoms with Gasteiger partial charge in [0.05, 0.1) is 13.2 Å². The van der Waals surface area contributed by atoms with Crippen LogP contribution in [0.1, 0.15) is 13.3 Å². The molecule has 0 atom stereocenters. The number of hydrogen-bond acceptors (Lipinski definition) is 3. The zero-order chi connectivity index (χ0) is 10.6. The maximum atomic E-state index is 5.28. The summed E-state index contributed by atoms with van der Waals surface area (Å²) in [5.74, 6) is 2.68. The average Bonchev–Trinajstić information content (AvgIpc) is 2.18. The van der Waals surface area contributed by atoms with E-state index >= 15 is 0 Å². The van der Waals surface area contributed by atoms with Crippen LogP contribution >= 0.6 is 0 Å². The molecule has 0 saturated heterocycles. The van der Waals surface area contributed by atoms with Crippen molar-refractivity contribution in [3.05, 3.63) is 0 Å². The van der Waals surface area contributed by atoms with Crippen molar-refractivity contribution in [2.75, 3.05) is 46.4 Å². The van der Waals surface area contributed by atoms with E-state index in [4.69, 9.17) is 11.2 Å². The van der Waals surface area contributed by atoms with Gasteiger partial charge in [-0.15, -0.1) is 6.42 Å². The Morgan fingerprint density at radius 1 is 1.36 bits per heavy atom. The first kappa shape index (κ1) is 13.4. The van der Waals surface area contributed by atoms with E-state index in [0.29, 0.717) is 0 Å². The molecular formula is C11H22N2O. The number of methoxy groups -OCH3 is 1. The Labute approximate surface area is 87.8 Å². The molecule has 82 valence electrons. The van der Waals surface area contributed by atoms with Crippen LogP contribution in [-0.2, 0) is 4.74 Å². The Morgan fingerprint density at radius 2 is 2.14 bits per heavy atom. The van der Waals surface area contributed by atoms with Gasteiger partial charge in [-0.2, -0.15) is 0 Å². The van der Waals surface area contributed by atoms with Crippen LogP contribution in [0.4, 0.5) is 0 Å². The van der Waals surface area contributed by atoms with Crippen LogP contribution in [0.3, 0.4) is 0 Å². The fraction of sp³-hybridized carbons (Fsp3) is 0.818. The quantitative estimate of drug-likeness (QED) is 0.433. The Hall–Kier alpha value is -0.560. The van der Waals surface area contributed by atoms with E-state index < -0.39 is 0 Å². The van der Waals surface area contributed by atoms with Gasteiger partial charge in [-0.1, -0.05) is 12.8 Å². The first-order valence-corrected chi connectivity index (χ1v) is 5.20. The molecule has 3 nitrogen and oxygen atoms in total. The van der Waals surface area contributed by atoms with E-state index in [1.54, 1.807) is 7.11 Å². The fourth-order valence-corrected chi connectivity index (χ4v) is 1.25. The van der Waals surface area contributed by atoms with Crippen molar-refractivity contribution >= 4 is 0 Å². The van der Waals surface area contributed by atoms with Crippen molar-refractivity contribution in [2.45, 2.75) is 13.3 Å². The highest BCUT2D eigenvalue weighted by atomic mass is 16.5. The first-order valence-electron chi connectivity index (χ1n) is 5.20. The summed E-state index contributed by atoms with van der Waals surface area (Å²) in [4.78, 5) is 2.28. The average molecular weight is 198 g/mol. The number of terminal acetylenes is 1. The molecule has 0 bridgehead atoms. The summed E-state index contributed by atoms with van der Waals surface area (Å²) >= 11 is 0. The van der Waals surface area contributed by atoms with Crippen LogP contribution in [0.15, 0.2) is 0 Å². The summed E-state index contributed by atoms with van der Waals surface area (Å²) in [5, 5.41) is 3.30. The molecule has 0 aliphatic rings. The molecule has 0 aliphatic heterocycles. The number of rotatable bonds is 9. The zero-order valence-corrected chi connectivity index (χ0v) is 9.38. The van der Waals surface area contributed by atoms with E-state index in [1.165, 1.54) is 0 Å². The van der Waals surface area contributed by atoms with Crippen molar-refractivity contribution in [3.63, 3.8) is 0 Å². The van der Waals surface area contributed by atoms with E-state index in [-0.39, 0.29) is 0 Å². The van der Waals surface area contributed by atoms with E-state index in [2.05, 4.69) is 23.1 Å². The molecule has 0 spiro atoms. The lowest BCUT2D eigenvalue weighted by atomic mass is 10.4. The maximum absolute atomic E-state index is 5.28. The standard InChI is InChI=1S/C11H22N2O/c1-4-8-13(9-5-2)10-6-12-7-11-14-3/h1,12H,5-11H2,2-3H3. The van der Waals surface area contributed by atoms with Gasteiger partial charge >= 0.3 is 0 Å². The molecule has 0 aromatic carbocycles. The molecule has 0 heterocycles. The van der Waals surface area contributed by atoms with E-state index in [1.807, 2.05) is 0 Å². The van der Waals surface area contributed by atoms with Gasteiger partial charge in [-0.3, -0.25) is 4.90 Å². The minimum atomic E-state index is 0.750. The molecule has 0 unspecified atom stereocenters. The van der Waals surface area contributed by atoms with Crippen LogP contribution in [0.5, 0.6) is 0 Å². The number of ether oxygens (including phenoxy) is 1. The Morgan fingerprint density at radius 3 is 2.71 bits per heavy atom. The minimum Gasteiger partial charge on any atom is -0.383 e. The molecule has 3 heteroatoms. The van der Waals surface area contributed by atoms with Gasteiger partial charge in [0.15, 0.2) is 0 Å². The Balaban J connectivity index is 3.36. The maximum Gasteiger partial charge on any atom is 0.0599 e. The summed E-state index contributed by atoms with van der Waals surface area (Å²) in [6.07, 6.45) is 6.43. The molecule has 0 aliphatic carbocycles. The van der Waals surface area contributed by atoms with Crippen molar-refractivity contribution in [2.24, 2.45) is 0 Å². The summed E-state index contributed by atoms with van der Waals surface area (Å²) in [6, 6.07) is 0. The van der Waals surface area contributed by atoms with Crippen LogP contribution < -0.4 is 5.32 Å². The largest absolute Gasteiger partial charge is 0.383 e. The van der Waals surface area contributed by atoms with Crippen molar-refractivity contribution in [1.29, 1.82) is 0 Å². The molecule has 0 rings (SSSR count). The number of hydrogen-bond donors (Lipinski definition) is 1. The third-order valence-corrected chi connectivity index (χ3v) is 1.94. The summed E-state index contributed by atoms with van der Waals surface area (Å²) in [7, 11) is 1.71. The normalized spacial score (nSPS) is 10.4. The molecule has 0 aromatic heterocycles. The molecule has 0 saturated carbocycles. The first-order chi connectivity index (χ1) is 6.85. The summed E-state index contributed by atoms with van der Waals surface area (Å²) in [5.41, 5.74) is 0. The second-order valence-corrected chi connectivity index (χ2v) is 3.22. The topological polar surface area (TPSA) is 24.5 Å². The molecule has 0 amide bonds. The predicted molar refractivity (Wildman–Crippen MR) is 60.3 cm³/mol. The van der Waals surface area contributed by atoms with Gasteiger partial charge in [0.1, 0.15) is 0 Å². The lowest BCUT2D eigenvalue weighted by Gasteiger charge is -2.18. The van der Waals surface area contributed by atoms with Crippen molar-refractivity contribution in [3.8, 4) is 12.3 Å². The summed E-state index contributed by atoms with van der Waals surface area (Å²) in [6.45, 7) is 7.67. The highest BCUT2D eigenvalue weighted by Crippen LogP contribution is 1.88. The smallest absolute Gasteiger partial charge is 0.0599 e. The van der Waals surface area contributed by atoms with Gasteiger partial charge in [0, 0.05) is 26.7 Å². The molecule has 0 fully saturated rings. The fourth-order valence-electron chi connectivity index (χ4n) is 1.25. The second kappa shape index (κ2) is 10.5. The molecule has 1 N–H and O–H groups in total. The van der Waals surface area contributed by atoms with Gasteiger partial charge < -0.3 is 10.1 Å². The molecule has 0 radical (unpaired) electrons. The van der Waals surface area contributed by atoms with E-state index in [0.717, 1.165) is 45.8 Å². The van der Waals surface area contributed by atoms with Gasteiger partial charge in [0.2, 0.25) is 0 Å². The number of nitrogens with one attached hydrogen (secondary N) is 1. The van der Waals surface area contributed by atoms with E-state index in [9.17, 15) is 0 Å². The predicted octanol–water partition coefficient (Wildman–Crippen LogP) is 0.568. The van der Waals surface area contributed by atoms with Crippen LogP contribution in [0.2, 0.25) is 0 Å². The third-order valence-electron chi connectivity index (χ3n) is 1.94. The van der Waals surface area contributed by atoms with Crippen LogP contribution in [-0.4, -0.2) is 51.3 Å². The zero-order valence-electron chi connectivity index (χ0n) is 9.38. The molecule has 14 heavy (non-hydrogen) atoms. The molecule has 0 aromatic rings. The number of nitrogens with zero attached hydrogens (tertiary/aromatic N) is 1. The summed E-state index contributed by atoms with van der Waals surface area (Å²) < 4.78 is 4.94. The Kier molecular flexibility index (Phi) is 10.1. The molecular weight excluding hydrogens is 176 g/mol. The third kappa shape index (κ3) is 8.06. The van der Waals surface area contributed by atoms with Gasteiger partial charge in [-0.25, -0.2) is 0 Å². The highest BCUT2D eigenvalue weighted by molar-refractivity contribution is 4.88. The van der Waals surface area contributed by atoms with Gasteiger partial charge in [-0.05, 0) is 13.0 Å². The lowest BCUT2D eigenvalue weighted by molar-refractivity contribution is 0.197. The Bertz CT molecular complexity index is 154. The van der Waals surface area contributed by atoms with Crippen LogP contribution in [0.25, 0.3) is 0 Å². The van der Waals surface area contributed by atoms with Gasteiger partial charge in [0.25, 0.3) is 0 Å². The van der Waals surface area contributed by atoms with Crippen LogP contribution in [0, 0.1) is 12.3 Å². The van der Waals surface area contributed by atoms with Crippen molar-refractivity contribution in [1.82, 2.24) is 10.2 Å². The second-order valence-electron chi connectivity index (χ2n) is 3.22.